The van der Waals surface area contributed by atoms with Gasteiger partial charge in [-0.3, -0.25) is 0 Å². The molecule has 172 valence electrons. The molecule has 0 saturated heterocycles. The Kier molecular flexibility index (Phi) is 6.18. The van der Waals surface area contributed by atoms with E-state index in [2.05, 4.69) is 0 Å². The highest BCUT2D eigenvalue weighted by molar-refractivity contribution is 5.95. The quantitative estimate of drug-likeness (QED) is 0.206. The van der Waals surface area contributed by atoms with Gasteiger partial charge in [-0.05, 0) is 66.2 Å². The molecule has 6 heteroatoms. The van der Waals surface area contributed by atoms with Crippen molar-refractivity contribution in [1.82, 2.24) is 9.55 Å². The number of halogens is 2. The predicted molar refractivity (Wildman–Crippen MR) is 131 cm³/mol. The number of carbonyl (C=O) groups excluding carboxylic acids is 1. The molecule has 35 heavy (non-hydrogen) atoms. The molecule has 5 aromatic rings. The van der Waals surface area contributed by atoms with Crippen molar-refractivity contribution in [3.63, 3.8) is 0 Å². The van der Waals surface area contributed by atoms with Crippen LogP contribution in [0.5, 0.6) is 0 Å². The smallest absolute Gasteiger partial charge is 0.343 e. The van der Waals surface area contributed by atoms with E-state index < -0.39 is 17.6 Å². The van der Waals surface area contributed by atoms with Crippen molar-refractivity contribution >= 4 is 28.8 Å². The first kappa shape index (κ1) is 22.2. The fourth-order valence-electron chi connectivity index (χ4n) is 3.78. The highest BCUT2D eigenvalue weighted by atomic mass is 19.1. The van der Waals surface area contributed by atoms with Gasteiger partial charge in [0.1, 0.15) is 23.2 Å². The fourth-order valence-corrected chi connectivity index (χ4v) is 3.78. The molecule has 0 bridgehead atoms. The summed E-state index contributed by atoms with van der Waals surface area (Å²) in [5.74, 6) is -0.753. The number of esters is 1. The number of benzene rings is 4. The molecular weight excluding hydrogens is 446 g/mol. The van der Waals surface area contributed by atoms with Crippen LogP contribution >= 0.6 is 0 Å². The van der Waals surface area contributed by atoms with Crippen LogP contribution in [0.1, 0.15) is 27.3 Å². The van der Waals surface area contributed by atoms with Gasteiger partial charge in [0.2, 0.25) is 0 Å². The molecule has 4 aromatic carbocycles. The zero-order valence-corrected chi connectivity index (χ0v) is 18.6. The molecule has 1 aromatic heterocycles. The summed E-state index contributed by atoms with van der Waals surface area (Å²) < 4.78 is 34.7. The van der Waals surface area contributed by atoms with Gasteiger partial charge in [0, 0.05) is 18.2 Å². The number of ether oxygens (including phenoxy) is 1. The Bertz CT molecular complexity index is 1510. The molecule has 1 heterocycles. The van der Waals surface area contributed by atoms with Crippen LogP contribution in [0.25, 0.3) is 22.9 Å². The second-order valence-electron chi connectivity index (χ2n) is 7.94. The Morgan fingerprint density at radius 1 is 0.771 bits per heavy atom. The molecule has 0 N–H and O–H groups in total. The van der Waals surface area contributed by atoms with Gasteiger partial charge in [-0.1, -0.05) is 42.5 Å². The van der Waals surface area contributed by atoms with Gasteiger partial charge >= 0.3 is 5.97 Å². The second-order valence-corrected chi connectivity index (χ2v) is 7.94. The number of nitrogens with zero attached hydrogens (tertiary/aromatic N) is 2. The number of aromatic nitrogens is 2. The maximum absolute atomic E-state index is 13.6. The average molecular weight is 466 g/mol. The first-order valence-corrected chi connectivity index (χ1v) is 11.0. The monoisotopic (exact) mass is 466 g/mol. The zero-order valence-electron chi connectivity index (χ0n) is 18.6. The minimum Gasteiger partial charge on any atom is -0.422 e. The molecule has 0 aliphatic rings. The molecule has 4 nitrogen and oxygen atoms in total. The number of hydrogen-bond donors (Lipinski definition) is 0. The molecule has 0 fully saturated rings. The van der Waals surface area contributed by atoms with E-state index in [0.29, 0.717) is 17.9 Å². The summed E-state index contributed by atoms with van der Waals surface area (Å²) in [4.78, 5) is 17.6. The van der Waals surface area contributed by atoms with E-state index in [9.17, 15) is 13.6 Å². The zero-order chi connectivity index (χ0) is 24.2. The van der Waals surface area contributed by atoms with Crippen LogP contribution in [0.15, 0.2) is 103 Å². The molecule has 0 saturated carbocycles. The molecule has 0 unspecified atom stereocenters. The van der Waals surface area contributed by atoms with Gasteiger partial charge in [-0.25, -0.2) is 18.6 Å². The fraction of sp³-hybridized carbons (Fsp3) is 0.0345. The minimum absolute atomic E-state index is 0.192. The van der Waals surface area contributed by atoms with Crippen molar-refractivity contribution in [3.8, 4) is 0 Å². The van der Waals surface area contributed by atoms with Crippen molar-refractivity contribution in [2.45, 2.75) is 6.54 Å². The molecule has 5 rings (SSSR count). The van der Waals surface area contributed by atoms with Crippen LogP contribution in [0.4, 0.5) is 8.78 Å². The third kappa shape index (κ3) is 5.01. The largest absolute Gasteiger partial charge is 0.422 e. The Morgan fingerprint density at radius 2 is 1.37 bits per heavy atom. The Hall–Kier alpha value is -4.58. The topological polar surface area (TPSA) is 44.1 Å². The summed E-state index contributed by atoms with van der Waals surface area (Å²) >= 11 is 0. The standard InChI is InChI=1S/C29H20F2N2O2/c30-23-14-10-21(11-15-23)27(35-29(34)22-12-16-24(31)17-13-22)18-28-32-25-8-4-5-9-26(25)33(28)19-20-6-2-1-3-7-20/h1-18H,19H2/b27-18-. The number of hydrogen-bond acceptors (Lipinski definition) is 3. The van der Waals surface area contributed by atoms with Crippen molar-refractivity contribution in [2.75, 3.05) is 0 Å². The molecule has 0 amide bonds. The summed E-state index contributed by atoms with van der Waals surface area (Å²) in [6, 6.07) is 28.4. The lowest BCUT2D eigenvalue weighted by Gasteiger charge is -2.11. The van der Waals surface area contributed by atoms with Gasteiger partial charge in [0.25, 0.3) is 0 Å². The third-order valence-corrected chi connectivity index (χ3v) is 5.54. The van der Waals surface area contributed by atoms with Gasteiger partial charge in [-0.2, -0.15) is 0 Å². The Morgan fingerprint density at radius 3 is 2.06 bits per heavy atom. The van der Waals surface area contributed by atoms with E-state index in [1.807, 2.05) is 59.2 Å². The number of imidazole rings is 1. The molecule has 0 spiro atoms. The molecule has 0 aliphatic carbocycles. The first-order valence-electron chi connectivity index (χ1n) is 11.0. The number of carbonyl (C=O) groups is 1. The van der Waals surface area contributed by atoms with Gasteiger partial charge in [0.05, 0.1) is 16.6 Å². The summed E-state index contributed by atoms with van der Waals surface area (Å²) in [5.41, 5.74) is 3.48. The molecular formula is C29H20F2N2O2. The highest BCUT2D eigenvalue weighted by Gasteiger charge is 2.16. The minimum atomic E-state index is -0.661. The van der Waals surface area contributed by atoms with Gasteiger partial charge < -0.3 is 9.30 Å². The maximum atomic E-state index is 13.6. The number of para-hydroxylation sites is 2. The van der Waals surface area contributed by atoms with Crippen LogP contribution < -0.4 is 0 Å². The normalized spacial score (nSPS) is 11.5. The SMILES string of the molecule is O=C(O/C(=C\c1nc2ccccc2n1Cc1ccccc1)c1ccc(F)cc1)c1ccc(F)cc1. The van der Waals surface area contributed by atoms with Crippen LogP contribution in [-0.4, -0.2) is 15.5 Å². The van der Waals surface area contributed by atoms with Gasteiger partial charge in [-0.15, -0.1) is 0 Å². The lowest BCUT2D eigenvalue weighted by atomic mass is 10.1. The third-order valence-electron chi connectivity index (χ3n) is 5.54. The van der Waals surface area contributed by atoms with Crippen LogP contribution in [-0.2, 0) is 11.3 Å². The van der Waals surface area contributed by atoms with E-state index in [0.717, 1.165) is 16.6 Å². The maximum Gasteiger partial charge on any atom is 0.343 e. The van der Waals surface area contributed by atoms with Crippen LogP contribution in [0.2, 0.25) is 0 Å². The number of rotatable bonds is 6. The first-order chi connectivity index (χ1) is 17.1. The second kappa shape index (κ2) is 9.73. The van der Waals surface area contributed by atoms with E-state index >= 15 is 0 Å². The summed E-state index contributed by atoms with van der Waals surface area (Å²) in [6.07, 6.45) is 1.66. The van der Waals surface area contributed by atoms with Crippen molar-refractivity contribution in [3.05, 3.63) is 137 Å². The van der Waals surface area contributed by atoms with Crippen molar-refractivity contribution in [1.29, 1.82) is 0 Å². The molecule has 0 radical (unpaired) electrons. The predicted octanol–water partition coefficient (Wildman–Crippen LogP) is 6.72. The van der Waals surface area contributed by atoms with Crippen molar-refractivity contribution < 1.29 is 18.3 Å². The molecule has 0 aliphatic heterocycles. The van der Waals surface area contributed by atoms with E-state index in [1.54, 1.807) is 6.08 Å². The van der Waals surface area contributed by atoms with Gasteiger partial charge in [0.15, 0.2) is 0 Å². The highest BCUT2D eigenvalue weighted by Crippen LogP contribution is 2.25. The van der Waals surface area contributed by atoms with Crippen molar-refractivity contribution in [2.24, 2.45) is 0 Å². The summed E-state index contributed by atoms with van der Waals surface area (Å²) in [5, 5.41) is 0. The molecule has 0 atom stereocenters. The van der Waals surface area contributed by atoms with Crippen LogP contribution in [0.3, 0.4) is 0 Å². The average Bonchev–Trinajstić information content (AvgIpc) is 3.22. The number of fused-ring (bicyclic) bond motifs is 1. The lowest BCUT2D eigenvalue weighted by Crippen LogP contribution is -2.07. The summed E-state index contributed by atoms with van der Waals surface area (Å²) in [6.45, 7) is 0.551. The Balaban J connectivity index is 1.60. The lowest BCUT2D eigenvalue weighted by molar-refractivity contribution is 0.0693. The van der Waals surface area contributed by atoms with E-state index in [4.69, 9.17) is 9.72 Å². The summed E-state index contributed by atoms with van der Waals surface area (Å²) in [7, 11) is 0. The van der Waals surface area contributed by atoms with Crippen LogP contribution in [0, 0.1) is 11.6 Å². The van der Waals surface area contributed by atoms with E-state index in [-0.39, 0.29) is 11.3 Å². The van der Waals surface area contributed by atoms with E-state index in [1.165, 1.54) is 48.5 Å². The Labute approximate surface area is 200 Å².